The summed E-state index contributed by atoms with van der Waals surface area (Å²) in [4.78, 5) is 21.6. The van der Waals surface area contributed by atoms with Crippen molar-refractivity contribution in [1.82, 2.24) is 15.3 Å². The maximum atomic E-state index is 13.7. The Hall–Kier alpha value is -2.24. The van der Waals surface area contributed by atoms with Gasteiger partial charge in [-0.05, 0) is 25.0 Å². The predicted molar refractivity (Wildman–Crippen MR) is 73.9 cm³/mol. The van der Waals surface area contributed by atoms with Crippen LogP contribution < -0.4 is 10.2 Å². The molecule has 2 aromatic rings. The predicted octanol–water partition coefficient (Wildman–Crippen LogP) is 1.48. The lowest BCUT2D eigenvalue weighted by Gasteiger charge is -2.19. The van der Waals surface area contributed by atoms with Crippen LogP contribution in [-0.2, 0) is 4.79 Å². The fraction of sp³-hybridized carbons (Fsp3) is 0.357. The third-order valence-corrected chi connectivity index (χ3v) is 3.28. The second-order valence-corrected chi connectivity index (χ2v) is 5.03. The molecule has 1 aliphatic rings. The Labute approximate surface area is 115 Å². The first kappa shape index (κ1) is 12.8. The normalized spacial score (nSPS) is 14.3. The Morgan fingerprint density at radius 2 is 2.25 bits per heavy atom. The van der Waals surface area contributed by atoms with E-state index in [0.717, 1.165) is 12.8 Å². The number of likely N-dealkylation sites (N-methyl/N-ethyl adjacent to an activating group) is 1. The smallest absolute Gasteiger partial charge is 0.239 e. The number of hydrogen-bond acceptors (Lipinski definition) is 4. The molecule has 1 aromatic carbocycles. The Balaban J connectivity index is 1.85. The summed E-state index contributed by atoms with van der Waals surface area (Å²) in [5, 5.41) is 3.52. The minimum atomic E-state index is -0.387. The first-order valence-corrected chi connectivity index (χ1v) is 6.55. The highest BCUT2D eigenvalue weighted by molar-refractivity contribution is 5.91. The Bertz CT molecular complexity index is 657. The molecule has 104 valence electrons. The van der Waals surface area contributed by atoms with Crippen molar-refractivity contribution in [3.8, 4) is 0 Å². The zero-order valence-corrected chi connectivity index (χ0v) is 11.1. The molecule has 0 bridgehead atoms. The number of halogens is 1. The number of para-hydroxylation sites is 1. The van der Waals surface area contributed by atoms with E-state index in [9.17, 15) is 9.18 Å². The largest absolute Gasteiger partial charge is 0.352 e. The molecule has 0 spiro atoms. The van der Waals surface area contributed by atoms with Gasteiger partial charge in [-0.15, -0.1) is 0 Å². The van der Waals surface area contributed by atoms with Gasteiger partial charge in [-0.3, -0.25) is 4.79 Å². The number of hydrogen-bond donors (Lipinski definition) is 1. The number of aromatic nitrogens is 2. The quantitative estimate of drug-likeness (QED) is 0.917. The van der Waals surface area contributed by atoms with Gasteiger partial charge in [0.2, 0.25) is 5.91 Å². The van der Waals surface area contributed by atoms with E-state index in [0.29, 0.717) is 17.2 Å². The van der Waals surface area contributed by atoms with Gasteiger partial charge >= 0.3 is 0 Å². The van der Waals surface area contributed by atoms with Crippen molar-refractivity contribution in [2.75, 3.05) is 18.5 Å². The average molecular weight is 274 g/mol. The zero-order valence-electron chi connectivity index (χ0n) is 11.1. The molecule has 6 heteroatoms. The summed E-state index contributed by atoms with van der Waals surface area (Å²) in [6.45, 7) is 0.194. The molecule has 5 nitrogen and oxygen atoms in total. The summed E-state index contributed by atoms with van der Waals surface area (Å²) in [6, 6.07) is 5.06. The molecule has 0 saturated heterocycles. The standard InChI is InChI=1S/C14H15FN4O/c1-19(7-12(20)18-9-5-6-9)14-10-3-2-4-11(15)13(10)16-8-17-14/h2-4,8-9H,5-7H2,1H3,(H,18,20). The zero-order chi connectivity index (χ0) is 14.1. The highest BCUT2D eigenvalue weighted by Gasteiger charge is 2.24. The molecule has 1 saturated carbocycles. The van der Waals surface area contributed by atoms with Crippen molar-refractivity contribution < 1.29 is 9.18 Å². The van der Waals surface area contributed by atoms with Crippen LogP contribution in [0.1, 0.15) is 12.8 Å². The summed E-state index contributed by atoms with van der Waals surface area (Å²) in [5.74, 6) is 0.126. The molecule has 1 amide bonds. The van der Waals surface area contributed by atoms with Crippen molar-refractivity contribution in [3.63, 3.8) is 0 Å². The number of fused-ring (bicyclic) bond motifs is 1. The maximum Gasteiger partial charge on any atom is 0.239 e. The molecule has 0 unspecified atom stereocenters. The summed E-state index contributed by atoms with van der Waals surface area (Å²) < 4.78 is 13.7. The maximum absolute atomic E-state index is 13.7. The van der Waals surface area contributed by atoms with Gasteiger partial charge in [0.1, 0.15) is 23.5 Å². The molecule has 0 atom stereocenters. The number of nitrogens with zero attached hydrogens (tertiary/aromatic N) is 3. The summed E-state index contributed by atoms with van der Waals surface area (Å²) in [5.41, 5.74) is 0.270. The van der Waals surface area contributed by atoms with E-state index in [1.54, 1.807) is 24.1 Å². The van der Waals surface area contributed by atoms with E-state index in [1.807, 2.05) is 0 Å². The lowest BCUT2D eigenvalue weighted by Crippen LogP contribution is -2.36. The minimum absolute atomic E-state index is 0.0434. The van der Waals surface area contributed by atoms with Crippen LogP contribution in [0.5, 0.6) is 0 Å². The number of benzene rings is 1. The molecule has 3 rings (SSSR count). The van der Waals surface area contributed by atoms with Gasteiger partial charge in [0.05, 0.1) is 6.54 Å². The lowest BCUT2D eigenvalue weighted by molar-refractivity contribution is -0.119. The van der Waals surface area contributed by atoms with Gasteiger partial charge in [0.25, 0.3) is 0 Å². The Morgan fingerprint density at radius 1 is 1.45 bits per heavy atom. The summed E-state index contributed by atoms with van der Waals surface area (Å²) >= 11 is 0. The molecule has 20 heavy (non-hydrogen) atoms. The third-order valence-electron chi connectivity index (χ3n) is 3.28. The van der Waals surface area contributed by atoms with E-state index in [1.165, 1.54) is 12.4 Å². The van der Waals surface area contributed by atoms with Crippen LogP contribution in [0, 0.1) is 5.82 Å². The van der Waals surface area contributed by atoms with Crippen molar-refractivity contribution >= 4 is 22.6 Å². The van der Waals surface area contributed by atoms with Crippen LogP contribution in [0.2, 0.25) is 0 Å². The topological polar surface area (TPSA) is 58.1 Å². The van der Waals surface area contributed by atoms with E-state index in [-0.39, 0.29) is 23.8 Å². The fourth-order valence-corrected chi connectivity index (χ4v) is 2.13. The highest BCUT2D eigenvalue weighted by Crippen LogP contribution is 2.23. The molecule has 1 fully saturated rings. The number of carbonyl (C=O) groups is 1. The number of anilines is 1. The number of carbonyl (C=O) groups excluding carboxylic acids is 1. The van der Waals surface area contributed by atoms with Crippen LogP contribution in [0.25, 0.3) is 10.9 Å². The van der Waals surface area contributed by atoms with Gasteiger partial charge < -0.3 is 10.2 Å². The van der Waals surface area contributed by atoms with Crippen molar-refractivity contribution in [3.05, 3.63) is 30.3 Å². The fourth-order valence-electron chi connectivity index (χ4n) is 2.13. The highest BCUT2D eigenvalue weighted by atomic mass is 19.1. The van der Waals surface area contributed by atoms with Crippen molar-refractivity contribution in [2.45, 2.75) is 18.9 Å². The van der Waals surface area contributed by atoms with E-state index < -0.39 is 0 Å². The second-order valence-electron chi connectivity index (χ2n) is 5.03. The second kappa shape index (κ2) is 5.03. The van der Waals surface area contributed by atoms with Crippen molar-refractivity contribution in [2.24, 2.45) is 0 Å². The minimum Gasteiger partial charge on any atom is -0.352 e. The molecule has 0 aliphatic heterocycles. The number of nitrogens with one attached hydrogen (secondary N) is 1. The molecular weight excluding hydrogens is 259 g/mol. The van der Waals surface area contributed by atoms with Crippen LogP contribution in [0.3, 0.4) is 0 Å². The van der Waals surface area contributed by atoms with Gasteiger partial charge in [0.15, 0.2) is 0 Å². The SMILES string of the molecule is CN(CC(=O)NC1CC1)c1ncnc2c(F)cccc12. The van der Waals surface area contributed by atoms with Crippen LogP contribution in [-0.4, -0.2) is 35.5 Å². The number of amides is 1. The van der Waals surface area contributed by atoms with Gasteiger partial charge in [0, 0.05) is 18.5 Å². The average Bonchev–Trinajstić information content (AvgIpc) is 3.22. The Morgan fingerprint density at radius 3 is 3.00 bits per heavy atom. The van der Waals surface area contributed by atoms with Crippen LogP contribution >= 0.6 is 0 Å². The molecular formula is C14H15FN4O. The monoisotopic (exact) mass is 274 g/mol. The van der Waals surface area contributed by atoms with Gasteiger partial charge in [-0.1, -0.05) is 6.07 Å². The Kier molecular flexibility index (Phi) is 3.22. The van der Waals surface area contributed by atoms with Crippen LogP contribution in [0.15, 0.2) is 24.5 Å². The van der Waals surface area contributed by atoms with Gasteiger partial charge in [-0.2, -0.15) is 0 Å². The molecule has 0 radical (unpaired) electrons. The van der Waals surface area contributed by atoms with E-state index in [4.69, 9.17) is 0 Å². The first-order valence-electron chi connectivity index (χ1n) is 6.55. The summed E-state index contributed by atoms with van der Waals surface area (Å²) in [6.07, 6.45) is 3.42. The molecule has 1 aromatic heterocycles. The third kappa shape index (κ3) is 2.54. The summed E-state index contributed by atoms with van der Waals surface area (Å²) in [7, 11) is 1.76. The van der Waals surface area contributed by atoms with Crippen molar-refractivity contribution in [1.29, 1.82) is 0 Å². The van der Waals surface area contributed by atoms with Crippen LogP contribution in [0.4, 0.5) is 10.2 Å². The molecule has 1 heterocycles. The molecule has 1 N–H and O–H groups in total. The van der Waals surface area contributed by atoms with E-state index in [2.05, 4.69) is 15.3 Å². The lowest BCUT2D eigenvalue weighted by atomic mass is 10.2. The molecule has 1 aliphatic carbocycles. The van der Waals surface area contributed by atoms with E-state index >= 15 is 0 Å². The first-order chi connectivity index (χ1) is 9.65. The number of rotatable bonds is 4. The van der Waals surface area contributed by atoms with Gasteiger partial charge in [-0.25, -0.2) is 14.4 Å².